The molecule has 0 aliphatic rings. The van der Waals surface area contributed by atoms with Gasteiger partial charge in [-0.15, -0.1) is 0 Å². The van der Waals surface area contributed by atoms with E-state index in [1.54, 1.807) is 28.8 Å². The van der Waals surface area contributed by atoms with Crippen LogP contribution in [-0.4, -0.2) is 63.0 Å². The molecule has 1 atom stereocenters. The number of hydrogen-bond acceptors (Lipinski definition) is 5. The Morgan fingerprint density at radius 2 is 2.04 bits per heavy atom. The van der Waals surface area contributed by atoms with Crippen molar-refractivity contribution in [3.05, 3.63) is 24.0 Å². The fraction of sp³-hybridized carbons (Fsp3) is 0.579. The molecule has 1 unspecified atom stereocenters. The van der Waals surface area contributed by atoms with Gasteiger partial charge in [0, 0.05) is 43.9 Å². The molecule has 8 heteroatoms. The number of amides is 1. The van der Waals surface area contributed by atoms with E-state index in [0.717, 1.165) is 11.0 Å². The molecule has 0 aliphatic heterocycles. The van der Waals surface area contributed by atoms with Crippen molar-refractivity contribution in [2.24, 2.45) is 5.92 Å². The fourth-order valence-electron chi connectivity index (χ4n) is 2.80. The number of pyridine rings is 1. The van der Waals surface area contributed by atoms with Gasteiger partial charge in [-0.2, -0.15) is 5.10 Å². The maximum Gasteiger partial charge on any atom is 0.308 e. The molecule has 1 N–H and O–H groups in total. The number of ether oxygens (including phenoxy) is 1. The van der Waals surface area contributed by atoms with Gasteiger partial charge in [0.15, 0.2) is 5.65 Å². The first kappa shape index (κ1) is 20.8. The topological polar surface area (TPSA) is 97.6 Å². The first-order valence-electron chi connectivity index (χ1n) is 9.28. The highest BCUT2D eigenvalue weighted by molar-refractivity contribution is 5.97. The third-order valence-electron chi connectivity index (χ3n) is 4.29. The summed E-state index contributed by atoms with van der Waals surface area (Å²) in [5.41, 5.74) is 1.16. The van der Waals surface area contributed by atoms with Crippen LogP contribution in [0.2, 0.25) is 0 Å². The molecule has 2 rings (SSSR count). The van der Waals surface area contributed by atoms with E-state index in [-0.39, 0.29) is 18.5 Å². The van der Waals surface area contributed by atoms with Crippen LogP contribution in [0.5, 0.6) is 0 Å². The number of carboxylic acid groups (broad SMARTS) is 1. The van der Waals surface area contributed by atoms with Gasteiger partial charge < -0.3 is 14.7 Å². The van der Waals surface area contributed by atoms with Crippen LogP contribution in [0.25, 0.3) is 11.0 Å². The van der Waals surface area contributed by atoms with Crippen molar-refractivity contribution in [2.45, 2.75) is 40.2 Å². The monoisotopic (exact) mass is 376 g/mol. The summed E-state index contributed by atoms with van der Waals surface area (Å²) in [6.07, 6.45) is 3.87. The molecule has 2 heterocycles. The SMILES string of the molecule is CCOCCCN(CC(C)C(=O)O)C(=O)c1cnc2c(cnn2C(C)C)c1. The Bertz CT molecular complexity index is 787. The van der Waals surface area contributed by atoms with Crippen molar-refractivity contribution in [1.29, 1.82) is 0 Å². The van der Waals surface area contributed by atoms with Gasteiger partial charge in [-0.25, -0.2) is 9.67 Å². The number of nitrogens with zero attached hydrogens (tertiary/aromatic N) is 4. The Kier molecular flexibility index (Phi) is 7.29. The van der Waals surface area contributed by atoms with Gasteiger partial charge in [-0.3, -0.25) is 9.59 Å². The van der Waals surface area contributed by atoms with Crippen LogP contribution in [0, 0.1) is 5.92 Å². The van der Waals surface area contributed by atoms with Crippen molar-refractivity contribution in [2.75, 3.05) is 26.3 Å². The summed E-state index contributed by atoms with van der Waals surface area (Å²) < 4.78 is 7.13. The largest absolute Gasteiger partial charge is 0.481 e. The highest BCUT2D eigenvalue weighted by Gasteiger charge is 2.22. The van der Waals surface area contributed by atoms with Crippen LogP contribution in [0.15, 0.2) is 18.5 Å². The summed E-state index contributed by atoms with van der Waals surface area (Å²) in [4.78, 5) is 30.2. The van der Waals surface area contributed by atoms with E-state index in [1.165, 1.54) is 6.20 Å². The van der Waals surface area contributed by atoms with Gasteiger partial charge in [-0.1, -0.05) is 6.92 Å². The predicted molar refractivity (Wildman–Crippen MR) is 102 cm³/mol. The van der Waals surface area contributed by atoms with E-state index in [2.05, 4.69) is 10.1 Å². The minimum atomic E-state index is -0.926. The summed E-state index contributed by atoms with van der Waals surface area (Å²) >= 11 is 0. The number of carboxylic acids is 1. The van der Waals surface area contributed by atoms with Gasteiger partial charge in [0.1, 0.15) is 0 Å². The molecule has 0 aromatic carbocycles. The number of rotatable bonds is 10. The molecule has 0 bridgehead atoms. The third kappa shape index (κ3) is 5.26. The molecule has 27 heavy (non-hydrogen) atoms. The lowest BCUT2D eigenvalue weighted by Gasteiger charge is -2.24. The van der Waals surface area contributed by atoms with E-state index >= 15 is 0 Å². The molecule has 8 nitrogen and oxygen atoms in total. The summed E-state index contributed by atoms with van der Waals surface area (Å²) in [5.74, 6) is -1.81. The first-order valence-corrected chi connectivity index (χ1v) is 9.28. The van der Waals surface area contributed by atoms with Gasteiger partial charge in [0.05, 0.1) is 17.7 Å². The number of aliphatic carboxylic acids is 1. The minimum Gasteiger partial charge on any atom is -0.481 e. The maximum atomic E-state index is 13.0. The Labute approximate surface area is 159 Å². The highest BCUT2D eigenvalue weighted by atomic mass is 16.5. The Morgan fingerprint density at radius 3 is 2.67 bits per heavy atom. The van der Waals surface area contributed by atoms with Crippen molar-refractivity contribution in [3.8, 4) is 0 Å². The second kappa shape index (κ2) is 9.45. The predicted octanol–water partition coefficient (Wildman–Crippen LogP) is 2.60. The van der Waals surface area contributed by atoms with Gasteiger partial charge in [-0.05, 0) is 33.3 Å². The number of carbonyl (C=O) groups excluding carboxylic acids is 1. The molecular weight excluding hydrogens is 348 g/mol. The average molecular weight is 376 g/mol. The summed E-state index contributed by atoms with van der Waals surface area (Å²) in [5, 5.41) is 14.3. The Morgan fingerprint density at radius 1 is 1.30 bits per heavy atom. The molecule has 0 aliphatic carbocycles. The third-order valence-corrected chi connectivity index (χ3v) is 4.29. The van der Waals surface area contributed by atoms with Crippen LogP contribution in [0.1, 0.15) is 50.5 Å². The van der Waals surface area contributed by atoms with E-state index < -0.39 is 11.9 Å². The normalized spacial score (nSPS) is 12.5. The molecule has 0 saturated carbocycles. The number of aromatic nitrogens is 3. The minimum absolute atomic E-state index is 0.142. The van der Waals surface area contributed by atoms with Crippen LogP contribution in [0.3, 0.4) is 0 Å². The summed E-state index contributed by atoms with van der Waals surface area (Å²) in [6, 6.07) is 1.93. The van der Waals surface area contributed by atoms with Gasteiger partial charge in [0.2, 0.25) is 0 Å². The van der Waals surface area contributed by atoms with Crippen LogP contribution in [0.4, 0.5) is 0 Å². The van der Waals surface area contributed by atoms with E-state index in [4.69, 9.17) is 4.74 Å². The number of fused-ring (bicyclic) bond motifs is 1. The smallest absolute Gasteiger partial charge is 0.308 e. The molecule has 2 aromatic rings. The zero-order valence-corrected chi connectivity index (χ0v) is 16.4. The summed E-state index contributed by atoms with van der Waals surface area (Å²) in [6.45, 7) is 9.25. The number of carbonyl (C=O) groups is 2. The molecule has 0 saturated heterocycles. The van der Waals surface area contributed by atoms with Gasteiger partial charge in [0.25, 0.3) is 5.91 Å². The molecule has 148 valence electrons. The molecule has 1 amide bonds. The standard InChI is InChI=1S/C19H28N4O4/c1-5-27-8-6-7-22(12-14(4)19(25)26)18(24)16-9-15-11-21-23(13(2)3)17(15)20-10-16/h9-11,13-14H,5-8,12H2,1-4H3,(H,25,26). The zero-order valence-electron chi connectivity index (χ0n) is 16.4. The lowest BCUT2D eigenvalue weighted by molar-refractivity contribution is -0.141. The molecule has 0 fully saturated rings. The van der Waals surface area contributed by atoms with Crippen LogP contribution >= 0.6 is 0 Å². The quantitative estimate of drug-likeness (QED) is 0.640. The molecular formula is C19H28N4O4. The zero-order chi connectivity index (χ0) is 20.0. The molecule has 0 spiro atoms. The lowest BCUT2D eigenvalue weighted by Crippen LogP contribution is -2.38. The number of hydrogen-bond donors (Lipinski definition) is 1. The Hall–Kier alpha value is -2.48. The summed E-state index contributed by atoms with van der Waals surface area (Å²) in [7, 11) is 0. The van der Waals surface area contributed by atoms with Crippen molar-refractivity contribution in [3.63, 3.8) is 0 Å². The van der Waals surface area contributed by atoms with Crippen LogP contribution < -0.4 is 0 Å². The first-order chi connectivity index (χ1) is 12.8. The maximum absolute atomic E-state index is 13.0. The molecule has 0 radical (unpaired) electrons. The Balaban J connectivity index is 2.21. The van der Waals surface area contributed by atoms with Crippen molar-refractivity contribution < 1.29 is 19.4 Å². The average Bonchev–Trinajstić information content (AvgIpc) is 3.06. The second-order valence-electron chi connectivity index (χ2n) is 6.86. The van der Waals surface area contributed by atoms with Gasteiger partial charge >= 0.3 is 5.97 Å². The second-order valence-corrected chi connectivity index (χ2v) is 6.86. The lowest BCUT2D eigenvalue weighted by atomic mass is 10.1. The van der Waals surface area contributed by atoms with E-state index in [9.17, 15) is 14.7 Å². The fourth-order valence-corrected chi connectivity index (χ4v) is 2.80. The van der Waals surface area contributed by atoms with E-state index in [0.29, 0.717) is 31.7 Å². The van der Waals surface area contributed by atoms with E-state index in [1.807, 2.05) is 20.8 Å². The van der Waals surface area contributed by atoms with Crippen molar-refractivity contribution >= 4 is 22.9 Å². The highest BCUT2D eigenvalue weighted by Crippen LogP contribution is 2.18. The van der Waals surface area contributed by atoms with Crippen LogP contribution in [-0.2, 0) is 9.53 Å². The molecule has 2 aromatic heterocycles. The van der Waals surface area contributed by atoms with Crippen molar-refractivity contribution in [1.82, 2.24) is 19.7 Å².